The molecule has 0 bridgehead atoms. The van der Waals surface area contributed by atoms with Gasteiger partial charge >= 0.3 is 0 Å². The average Bonchev–Trinajstić information content (AvgIpc) is 3.30. The van der Waals surface area contributed by atoms with Crippen molar-refractivity contribution in [3.05, 3.63) is 94.2 Å². The Morgan fingerprint density at radius 1 is 1.00 bits per heavy atom. The fourth-order valence-corrected chi connectivity index (χ4v) is 3.96. The SMILES string of the molecule is CCN(CC)Cc1nccn1Cc1c(C)nc(-c2ccccc2)nc1-c1cccc([N+](=O)[O-])c1. The summed E-state index contributed by atoms with van der Waals surface area (Å²) in [5, 5.41) is 11.4. The van der Waals surface area contributed by atoms with Gasteiger partial charge in [0, 0.05) is 46.9 Å². The van der Waals surface area contributed by atoms with Crippen molar-refractivity contribution in [3.63, 3.8) is 0 Å². The number of non-ortho nitro benzene ring substituents is 1. The van der Waals surface area contributed by atoms with Gasteiger partial charge < -0.3 is 4.57 Å². The summed E-state index contributed by atoms with van der Waals surface area (Å²) in [6.07, 6.45) is 3.76. The van der Waals surface area contributed by atoms with Gasteiger partial charge in [0.25, 0.3) is 5.69 Å². The predicted octanol–water partition coefficient (Wildman–Crippen LogP) is 5.11. The molecule has 2 heterocycles. The summed E-state index contributed by atoms with van der Waals surface area (Å²) in [4.78, 5) is 27.6. The third-order valence-corrected chi connectivity index (χ3v) is 5.97. The van der Waals surface area contributed by atoms with Crippen molar-refractivity contribution in [1.82, 2.24) is 24.4 Å². The monoisotopic (exact) mass is 456 g/mol. The van der Waals surface area contributed by atoms with Crippen molar-refractivity contribution in [3.8, 4) is 22.6 Å². The Balaban J connectivity index is 1.82. The van der Waals surface area contributed by atoms with Crippen molar-refractivity contribution >= 4 is 5.69 Å². The minimum Gasteiger partial charge on any atom is -0.329 e. The zero-order chi connectivity index (χ0) is 24.1. The highest BCUT2D eigenvalue weighted by Crippen LogP contribution is 2.30. The van der Waals surface area contributed by atoms with Crippen LogP contribution in [0.1, 0.15) is 30.9 Å². The summed E-state index contributed by atoms with van der Waals surface area (Å²) >= 11 is 0. The number of aryl methyl sites for hydroxylation is 1. The molecule has 174 valence electrons. The maximum atomic E-state index is 11.4. The lowest BCUT2D eigenvalue weighted by molar-refractivity contribution is -0.384. The van der Waals surface area contributed by atoms with E-state index in [0.29, 0.717) is 23.6 Å². The van der Waals surface area contributed by atoms with Gasteiger partial charge in [0.2, 0.25) is 0 Å². The number of imidazole rings is 1. The molecule has 2 aromatic heterocycles. The molecule has 0 spiro atoms. The van der Waals surface area contributed by atoms with Crippen LogP contribution in [-0.2, 0) is 13.1 Å². The van der Waals surface area contributed by atoms with Crippen LogP contribution in [0.15, 0.2) is 67.0 Å². The first kappa shape index (κ1) is 23.3. The molecule has 0 amide bonds. The zero-order valence-electron chi connectivity index (χ0n) is 19.7. The summed E-state index contributed by atoms with van der Waals surface area (Å²) in [5.74, 6) is 1.55. The van der Waals surface area contributed by atoms with Gasteiger partial charge in [-0.1, -0.05) is 56.3 Å². The van der Waals surface area contributed by atoms with E-state index in [4.69, 9.17) is 9.97 Å². The molecule has 4 rings (SSSR count). The van der Waals surface area contributed by atoms with Gasteiger partial charge in [-0.25, -0.2) is 15.0 Å². The Bertz CT molecular complexity index is 1280. The van der Waals surface area contributed by atoms with E-state index in [1.165, 1.54) is 6.07 Å². The molecule has 0 aliphatic carbocycles. The zero-order valence-corrected chi connectivity index (χ0v) is 19.7. The van der Waals surface area contributed by atoms with Crippen molar-refractivity contribution < 1.29 is 4.92 Å². The molecular formula is C26H28N6O2. The topological polar surface area (TPSA) is 90.0 Å². The number of nitro benzene ring substituents is 1. The van der Waals surface area contributed by atoms with Crippen LogP contribution in [0.25, 0.3) is 22.6 Å². The summed E-state index contributed by atoms with van der Waals surface area (Å²) < 4.78 is 2.10. The van der Waals surface area contributed by atoms with Gasteiger partial charge in [-0.05, 0) is 20.0 Å². The third kappa shape index (κ3) is 5.02. The largest absolute Gasteiger partial charge is 0.329 e. The van der Waals surface area contributed by atoms with E-state index in [9.17, 15) is 10.1 Å². The molecule has 34 heavy (non-hydrogen) atoms. The number of nitrogens with zero attached hydrogens (tertiary/aromatic N) is 6. The lowest BCUT2D eigenvalue weighted by Crippen LogP contribution is -2.24. The Morgan fingerprint density at radius 3 is 2.44 bits per heavy atom. The molecule has 0 saturated heterocycles. The molecule has 0 fully saturated rings. The van der Waals surface area contributed by atoms with Crippen LogP contribution in [0, 0.1) is 17.0 Å². The number of nitro groups is 1. The number of benzene rings is 2. The molecule has 0 saturated carbocycles. The molecule has 0 N–H and O–H groups in total. The highest BCUT2D eigenvalue weighted by atomic mass is 16.6. The van der Waals surface area contributed by atoms with E-state index in [1.54, 1.807) is 18.3 Å². The summed E-state index contributed by atoms with van der Waals surface area (Å²) in [6, 6.07) is 16.4. The van der Waals surface area contributed by atoms with E-state index in [1.807, 2.05) is 49.5 Å². The van der Waals surface area contributed by atoms with E-state index < -0.39 is 0 Å². The van der Waals surface area contributed by atoms with Gasteiger partial charge in [-0.2, -0.15) is 0 Å². The standard InChI is InChI=1S/C26H28N6O2/c1-4-30(5-2)18-24-27-14-15-31(24)17-23-19(3)28-26(20-10-7-6-8-11-20)29-25(23)21-12-9-13-22(16-21)32(33)34/h6-16H,4-5,17-18H2,1-3H3. The maximum absolute atomic E-state index is 11.4. The smallest absolute Gasteiger partial charge is 0.270 e. The second kappa shape index (κ2) is 10.4. The Labute approximate surface area is 199 Å². The van der Waals surface area contributed by atoms with Crippen LogP contribution in [0.4, 0.5) is 5.69 Å². The first-order valence-corrected chi connectivity index (χ1v) is 11.4. The van der Waals surface area contributed by atoms with Crippen LogP contribution >= 0.6 is 0 Å². The number of hydrogen-bond acceptors (Lipinski definition) is 6. The normalized spacial score (nSPS) is 11.2. The van der Waals surface area contributed by atoms with Gasteiger partial charge in [0.05, 0.1) is 23.7 Å². The van der Waals surface area contributed by atoms with Gasteiger partial charge in [0.1, 0.15) is 5.82 Å². The molecule has 0 aliphatic rings. The van der Waals surface area contributed by atoms with Crippen molar-refractivity contribution in [1.29, 1.82) is 0 Å². The second-order valence-corrected chi connectivity index (χ2v) is 8.07. The highest BCUT2D eigenvalue weighted by Gasteiger charge is 2.18. The molecule has 0 aliphatic heterocycles. The van der Waals surface area contributed by atoms with E-state index in [0.717, 1.165) is 42.3 Å². The van der Waals surface area contributed by atoms with Crippen LogP contribution in [0.2, 0.25) is 0 Å². The fourth-order valence-electron chi connectivity index (χ4n) is 3.96. The van der Waals surface area contributed by atoms with E-state index in [2.05, 4.69) is 28.3 Å². The lowest BCUT2D eigenvalue weighted by Gasteiger charge is -2.20. The fraction of sp³-hybridized carbons (Fsp3) is 0.269. The Hall–Kier alpha value is -3.91. The molecule has 0 unspecified atom stereocenters. The third-order valence-electron chi connectivity index (χ3n) is 5.97. The van der Waals surface area contributed by atoms with Crippen LogP contribution < -0.4 is 0 Å². The first-order valence-electron chi connectivity index (χ1n) is 11.4. The molecule has 8 heteroatoms. The van der Waals surface area contributed by atoms with E-state index in [-0.39, 0.29) is 10.6 Å². The number of aromatic nitrogens is 4. The number of hydrogen-bond donors (Lipinski definition) is 0. The van der Waals surface area contributed by atoms with Crippen molar-refractivity contribution in [2.45, 2.75) is 33.9 Å². The average molecular weight is 457 g/mol. The minimum atomic E-state index is -0.382. The minimum absolute atomic E-state index is 0.0332. The number of rotatable bonds is 9. The molecule has 0 radical (unpaired) electrons. The maximum Gasteiger partial charge on any atom is 0.270 e. The molecule has 8 nitrogen and oxygen atoms in total. The van der Waals surface area contributed by atoms with Crippen LogP contribution in [-0.4, -0.2) is 42.4 Å². The Morgan fingerprint density at radius 2 is 1.74 bits per heavy atom. The van der Waals surface area contributed by atoms with Gasteiger partial charge in [0.15, 0.2) is 5.82 Å². The summed E-state index contributed by atoms with van der Waals surface area (Å²) in [6.45, 7) is 9.39. The summed E-state index contributed by atoms with van der Waals surface area (Å²) in [5.41, 5.74) is 4.06. The van der Waals surface area contributed by atoms with Gasteiger partial charge in [-0.15, -0.1) is 0 Å². The lowest BCUT2D eigenvalue weighted by atomic mass is 10.0. The summed E-state index contributed by atoms with van der Waals surface area (Å²) in [7, 11) is 0. The van der Waals surface area contributed by atoms with Crippen LogP contribution in [0.3, 0.4) is 0 Å². The molecule has 0 atom stereocenters. The predicted molar refractivity (Wildman–Crippen MR) is 132 cm³/mol. The molecule has 4 aromatic rings. The van der Waals surface area contributed by atoms with Crippen molar-refractivity contribution in [2.75, 3.05) is 13.1 Å². The quantitative estimate of drug-likeness (QED) is 0.257. The van der Waals surface area contributed by atoms with E-state index >= 15 is 0 Å². The highest BCUT2D eigenvalue weighted by molar-refractivity contribution is 5.69. The molecule has 2 aromatic carbocycles. The van der Waals surface area contributed by atoms with Crippen LogP contribution in [0.5, 0.6) is 0 Å². The second-order valence-electron chi connectivity index (χ2n) is 8.07. The van der Waals surface area contributed by atoms with Crippen molar-refractivity contribution in [2.24, 2.45) is 0 Å². The van der Waals surface area contributed by atoms with Gasteiger partial charge in [-0.3, -0.25) is 15.0 Å². The molecular weight excluding hydrogens is 428 g/mol. The Kier molecular flexibility index (Phi) is 7.08. The first-order chi connectivity index (χ1) is 16.5.